The van der Waals surface area contributed by atoms with E-state index in [4.69, 9.17) is 0 Å². The lowest BCUT2D eigenvalue weighted by molar-refractivity contribution is 0.101. The number of benzene rings is 2. The number of rotatable bonds is 3. The maximum atomic E-state index is 13.8. The topological polar surface area (TPSA) is 59.8 Å². The summed E-state index contributed by atoms with van der Waals surface area (Å²) < 4.78 is 40.8. The summed E-state index contributed by atoms with van der Waals surface area (Å²) in [6, 6.07) is 8.16. The molecule has 0 unspecified atom stereocenters. The Balaban J connectivity index is 1.88. The van der Waals surface area contributed by atoms with Crippen LogP contribution in [0.3, 0.4) is 0 Å². The molecule has 0 saturated carbocycles. The largest absolute Gasteiger partial charge is 0.319 e. The van der Waals surface area contributed by atoms with Crippen molar-refractivity contribution >= 4 is 11.6 Å². The average molecular weight is 332 g/mol. The van der Waals surface area contributed by atoms with Gasteiger partial charge in [-0.15, -0.1) is 5.10 Å². The quantitative estimate of drug-likeness (QED) is 0.801. The molecule has 1 aromatic heterocycles. The van der Waals surface area contributed by atoms with Gasteiger partial charge in [-0.1, -0.05) is 0 Å². The summed E-state index contributed by atoms with van der Waals surface area (Å²) in [6.07, 6.45) is 0. The molecule has 0 bridgehead atoms. The smallest absolute Gasteiger partial charge is 0.295 e. The number of carbonyl (C=O) groups is 1. The second-order valence-electron chi connectivity index (χ2n) is 4.95. The van der Waals surface area contributed by atoms with Gasteiger partial charge in [0.25, 0.3) is 5.91 Å². The molecule has 0 aliphatic heterocycles. The van der Waals surface area contributed by atoms with Gasteiger partial charge in [-0.3, -0.25) is 4.79 Å². The maximum Gasteiger partial charge on any atom is 0.295 e. The van der Waals surface area contributed by atoms with E-state index in [9.17, 15) is 18.0 Å². The Bertz CT molecular complexity index is 906. The number of hydrogen-bond acceptors (Lipinski definition) is 3. The maximum absolute atomic E-state index is 13.8. The molecule has 0 aliphatic rings. The lowest BCUT2D eigenvalue weighted by atomic mass is 10.3. The zero-order valence-corrected chi connectivity index (χ0v) is 12.4. The molecule has 5 nitrogen and oxygen atoms in total. The van der Waals surface area contributed by atoms with Crippen molar-refractivity contribution in [2.24, 2.45) is 0 Å². The summed E-state index contributed by atoms with van der Waals surface area (Å²) in [5, 5.41) is 6.44. The normalized spacial score (nSPS) is 10.7. The van der Waals surface area contributed by atoms with Crippen LogP contribution in [-0.2, 0) is 0 Å². The number of aryl methyl sites for hydroxylation is 1. The SMILES string of the molecule is Cc1nc(C(=O)Nc2ccc(F)cc2)nn1-c1ccc(F)cc1F. The zero-order chi connectivity index (χ0) is 17.3. The first-order chi connectivity index (χ1) is 11.4. The van der Waals surface area contributed by atoms with Crippen molar-refractivity contribution in [3.05, 3.63) is 71.6 Å². The van der Waals surface area contributed by atoms with E-state index < -0.39 is 23.4 Å². The van der Waals surface area contributed by atoms with Crippen molar-refractivity contribution in [3.63, 3.8) is 0 Å². The van der Waals surface area contributed by atoms with E-state index in [2.05, 4.69) is 15.4 Å². The van der Waals surface area contributed by atoms with Crippen molar-refractivity contribution in [2.45, 2.75) is 6.92 Å². The number of aromatic nitrogens is 3. The minimum absolute atomic E-state index is 0.0257. The molecule has 24 heavy (non-hydrogen) atoms. The highest BCUT2D eigenvalue weighted by Crippen LogP contribution is 2.16. The van der Waals surface area contributed by atoms with Gasteiger partial charge in [0.2, 0.25) is 5.82 Å². The van der Waals surface area contributed by atoms with Gasteiger partial charge in [0, 0.05) is 11.8 Å². The molecule has 0 radical (unpaired) electrons. The Kier molecular flexibility index (Phi) is 4.03. The molecule has 0 fully saturated rings. The molecule has 1 amide bonds. The van der Waals surface area contributed by atoms with Crippen LogP contribution < -0.4 is 5.32 Å². The number of nitrogens with zero attached hydrogens (tertiary/aromatic N) is 3. The summed E-state index contributed by atoms with van der Waals surface area (Å²) in [7, 11) is 0. The van der Waals surface area contributed by atoms with E-state index >= 15 is 0 Å². The van der Waals surface area contributed by atoms with Gasteiger partial charge >= 0.3 is 0 Å². The first kappa shape index (κ1) is 15.7. The van der Waals surface area contributed by atoms with Crippen molar-refractivity contribution in [3.8, 4) is 5.69 Å². The highest BCUT2D eigenvalue weighted by Gasteiger charge is 2.17. The van der Waals surface area contributed by atoms with E-state index in [1.54, 1.807) is 0 Å². The van der Waals surface area contributed by atoms with Crippen LogP contribution in [0.15, 0.2) is 42.5 Å². The first-order valence-corrected chi connectivity index (χ1v) is 6.90. The van der Waals surface area contributed by atoms with Gasteiger partial charge in [-0.2, -0.15) is 0 Å². The van der Waals surface area contributed by atoms with Crippen molar-refractivity contribution in [1.29, 1.82) is 0 Å². The molecule has 3 rings (SSSR count). The minimum Gasteiger partial charge on any atom is -0.319 e. The molecule has 3 aromatic rings. The fourth-order valence-corrected chi connectivity index (χ4v) is 2.09. The van der Waals surface area contributed by atoms with Crippen molar-refractivity contribution in [2.75, 3.05) is 5.32 Å². The standard InChI is InChI=1S/C16H11F3N4O/c1-9-20-15(16(24)21-12-5-2-10(17)3-6-12)22-23(9)14-7-4-11(18)8-13(14)19/h2-8H,1H3,(H,21,24). The molecule has 122 valence electrons. The molecule has 2 aromatic carbocycles. The predicted molar refractivity (Wildman–Crippen MR) is 80.4 cm³/mol. The van der Waals surface area contributed by atoms with Crippen LogP contribution >= 0.6 is 0 Å². The second kappa shape index (κ2) is 6.15. The molecule has 1 N–H and O–H groups in total. The fraction of sp³-hybridized carbons (Fsp3) is 0.0625. The van der Waals surface area contributed by atoms with Crippen LogP contribution in [0.2, 0.25) is 0 Å². The fourth-order valence-electron chi connectivity index (χ4n) is 2.09. The van der Waals surface area contributed by atoms with Gasteiger partial charge in [-0.25, -0.2) is 22.8 Å². The number of hydrogen-bond donors (Lipinski definition) is 1. The summed E-state index contributed by atoms with van der Waals surface area (Å²) in [5.74, 6) is -2.55. The van der Waals surface area contributed by atoms with Crippen molar-refractivity contribution < 1.29 is 18.0 Å². The number of halogens is 3. The number of carbonyl (C=O) groups excluding carboxylic acids is 1. The lowest BCUT2D eigenvalue weighted by Gasteiger charge is -2.04. The van der Waals surface area contributed by atoms with E-state index in [1.165, 1.54) is 37.3 Å². The number of anilines is 1. The third kappa shape index (κ3) is 3.12. The molecule has 0 aliphatic carbocycles. The minimum atomic E-state index is -0.825. The van der Waals surface area contributed by atoms with Gasteiger partial charge in [0.05, 0.1) is 0 Å². The molecular weight excluding hydrogens is 321 g/mol. The van der Waals surface area contributed by atoms with Crippen molar-refractivity contribution in [1.82, 2.24) is 14.8 Å². The van der Waals surface area contributed by atoms with Crippen LogP contribution in [0.5, 0.6) is 0 Å². The lowest BCUT2D eigenvalue weighted by Crippen LogP contribution is -2.14. The van der Waals surface area contributed by atoms with Gasteiger partial charge in [-0.05, 0) is 43.3 Å². The average Bonchev–Trinajstić information content (AvgIpc) is 2.91. The molecule has 8 heteroatoms. The molecule has 0 atom stereocenters. The number of nitrogens with one attached hydrogen (secondary N) is 1. The first-order valence-electron chi connectivity index (χ1n) is 6.90. The predicted octanol–water partition coefficient (Wildman–Crippen LogP) is 3.25. The number of amides is 1. The Hall–Kier alpha value is -3.16. The molecule has 1 heterocycles. The Morgan fingerprint density at radius 1 is 1.04 bits per heavy atom. The monoisotopic (exact) mass is 332 g/mol. The van der Waals surface area contributed by atoms with E-state index in [0.717, 1.165) is 10.7 Å². The van der Waals surface area contributed by atoms with Crippen LogP contribution in [0, 0.1) is 24.4 Å². The van der Waals surface area contributed by atoms with Crippen LogP contribution in [0.1, 0.15) is 16.4 Å². The third-order valence-corrected chi connectivity index (χ3v) is 3.21. The van der Waals surface area contributed by atoms with E-state index in [-0.39, 0.29) is 17.3 Å². The van der Waals surface area contributed by atoms with E-state index in [1.807, 2.05) is 0 Å². The zero-order valence-electron chi connectivity index (χ0n) is 12.4. The molecular formula is C16H11F3N4O. The Labute approximate surface area is 134 Å². The summed E-state index contributed by atoms with van der Waals surface area (Å²) >= 11 is 0. The van der Waals surface area contributed by atoms with Gasteiger partial charge in [0.15, 0.2) is 5.82 Å². The van der Waals surface area contributed by atoms with Crippen LogP contribution in [-0.4, -0.2) is 20.7 Å². The summed E-state index contributed by atoms with van der Waals surface area (Å²) in [6.45, 7) is 1.53. The third-order valence-electron chi connectivity index (χ3n) is 3.21. The Morgan fingerprint density at radius 2 is 1.71 bits per heavy atom. The van der Waals surface area contributed by atoms with E-state index in [0.29, 0.717) is 11.8 Å². The molecule has 0 spiro atoms. The van der Waals surface area contributed by atoms with Crippen LogP contribution in [0.25, 0.3) is 5.69 Å². The summed E-state index contributed by atoms with van der Waals surface area (Å²) in [5.41, 5.74) is 0.339. The molecule has 0 saturated heterocycles. The summed E-state index contributed by atoms with van der Waals surface area (Å²) in [4.78, 5) is 16.1. The second-order valence-corrected chi connectivity index (χ2v) is 4.95. The van der Waals surface area contributed by atoms with Gasteiger partial charge in [0.1, 0.15) is 23.1 Å². The highest BCUT2D eigenvalue weighted by molar-refractivity contribution is 6.01. The van der Waals surface area contributed by atoms with Gasteiger partial charge < -0.3 is 5.32 Å². The Morgan fingerprint density at radius 3 is 2.38 bits per heavy atom. The highest BCUT2D eigenvalue weighted by atomic mass is 19.1. The van der Waals surface area contributed by atoms with Crippen LogP contribution in [0.4, 0.5) is 18.9 Å².